The van der Waals surface area contributed by atoms with Gasteiger partial charge in [-0.1, -0.05) is 29.8 Å². The van der Waals surface area contributed by atoms with Crippen molar-refractivity contribution in [1.82, 2.24) is 4.31 Å². The molecule has 0 aromatic heterocycles. The molecule has 1 saturated heterocycles. The second-order valence-corrected chi connectivity index (χ2v) is 7.61. The van der Waals surface area contributed by atoms with Gasteiger partial charge in [0, 0.05) is 11.6 Å². The van der Waals surface area contributed by atoms with Crippen LogP contribution in [0.4, 0.5) is 4.39 Å². The normalized spacial score (nSPS) is 19.5. The zero-order valence-electron chi connectivity index (χ0n) is 11.7. The van der Waals surface area contributed by atoms with E-state index in [2.05, 4.69) is 0 Å². The van der Waals surface area contributed by atoms with Crippen LogP contribution in [0.3, 0.4) is 0 Å². The van der Waals surface area contributed by atoms with E-state index < -0.39 is 10.0 Å². The van der Waals surface area contributed by atoms with Gasteiger partial charge in [-0.15, -0.1) is 0 Å². The van der Waals surface area contributed by atoms with E-state index in [9.17, 15) is 12.8 Å². The number of hydrogen-bond donors (Lipinski definition) is 0. The maximum Gasteiger partial charge on any atom is 0.243 e. The molecule has 0 bridgehead atoms. The molecule has 6 heteroatoms. The number of benzene rings is 2. The molecule has 1 atom stereocenters. The van der Waals surface area contributed by atoms with E-state index >= 15 is 0 Å². The first-order chi connectivity index (χ1) is 10.5. The lowest BCUT2D eigenvalue weighted by atomic mass is 10.1. The molecule has 0 amide bonds. The Morgan fingerprint density at radius 1 is 1.14 bits per heavy atom. The molecule has 2 aromatic carbocycles. The summed E-state index contributed by atoms with van der Waals surface area (Å²) < 4.78 is 40.2. The fraction of sp³-hybridized carbons (Fsp3) is 0.250. The Morgan fingerprint density at radius 2 is 1.86 bits per heavy atom. The van der Waals surface area contributed by atoms with Gasteiger partial charge in [-0.05, 0) is 48.7 Å². The van der Waals surface area contributed by atoms with Gasteiger partial charge in [0.2, 0.25) is 10.0 Å². The van der Waals surface area contributed by atoms with Crippen molar-refractivity contribution in [3.8, 4) is 0 Å². The third-order valence-electron chi connectivity index (χ3n) is 3.86. The van der Waals surface area contributed by atoms with Crippen molar-refractivity contribution in [2.75, 3.05) is 6.54 Å². The summed E-state index contributed by atoms with van der Waals surface area (Å²) in [7, 11) is -3.61. The van der Waals surface area contributed by atoms with Gasteiger partial charge in [-0.3, -0.25) is 0 Å². The molecule has 0 N–H and O–H groups in total. The van der Waals surface area contributed by atoms with Crippen molar-refractivity contribution >= 4 is 21.6 Å². The highest BCUT2D eigenvalue weighted by atomic mass is 35.5. The fourth-order valence-electron chi connectivity index (χ4n) is 2.81. The summed E-state index contributed by atoms with van der Waals surface area (Å²) in [5, 5.41) is 0.388. The molecule has 3 nitrogen and oxygen atoms in total. The molecule has 1 fully saturated rings. The minimum Gasteiger partial charge on any atom is -0.207 e. The highest BCUT2D eigenvalue weighted by molar-refractivity contribution is 7.89. The van der Waals surface area contributed by atoms with Crippen LogP contribution in [0.5, 0.6) is 0 Å². The van der Waals surface area contributed by atoms with Gasteiger partial charge in [0.25, 0.3) is 0 Å². The lowest BCUT2D eigenvalue weighted by Gasteiger charge is -2.24. The Labute approximate surface area is 134 Å². The number of halogens is 2. The lowest BCUT2D eigenvalue weighted by Crippen LogP contribution is -2.30. The molecule has 3 rings (SSSR count). The monoisotopic (exact) mass is 339 g/mol. The fourth-order valence-corrected chi connectivity index (χ4v) is 4.79. The topological polar surface area (TPSA) is 37.4 Å². The Kier molecular flexibility index (Phi) is 4.21. The van der Waals surface area contributed by atoms with Crippen LogP contribution in [0.1, 0.15) is 24.4 Å². The first-order valence-electron chi connectivity index (χ1n) is 7.01. The SMILES string of the molecule is O=S(=O)(c1cccc(Cl)c1)N1CCC[C@@H]1c1ccc(F)cc1. The number of hydrogen-bond acceptors (Lipinski definition) is 2. The lowest BCUT2D eigenvalue weighted by molar-refractivity contribution is 0.396. The van der Waals surface area contributed by atoms with Crippen LogP contribution in [0, 0.1) is 5.82 Å². The standard InChI is InChI=1S/C16H15ClFNO2S/c17-13-3-1-4-15(11-13)22(20,21)19-10-2-5-16(19)12-6-8-14(18)9-7-12/h1,3-4,6-9,11,16H,2,5,10H2/t16-/m1/s1. The highest BCUT2D eigenvalue weighted by Crippen LogP contribution is 2.36. The summed E-state index contributed by atoms with van der Waals surface area (Å²) in [6.07, 6.45) is 1.51. The van der Waals surface area contributed by atoms with E-state index in [1.807, 2.05) is 0 Å². The maximum absolute atomic E-state index is 13.1. The van der Waals surface area contributed by atoms with Crippen LogP contribution in [0.15, 0.2) is 53.4 Å². The molecule has 116 valence electrons. The van der Waals surface area contributed by atoms with Gasteiger partial charge in [0.05, 0.1) is 10.9 Å². The van der Waals surface area contributed by atoms with E-state index in [1.54, 1.807) is 30.3 Å². The molecule has 0 spiro atoms. The average molecular weight is 340 g/mol. The molecule has 0 saturated carbocycles. The largest absolute Gasteiger partial charge is 0.243 e. The van der Waals surface area contributed by atoms with Crippen molar-refractivity contribution in [2.24, 2.45) is 0 Å². The Bertz CT molecular complexity index is 777. The van der Waals surface area contributed by atoms with Crippen molar-refractivity contribution in [3.05, 3.63) is 64.9 Å². The molecule has 22 heavy (non-hydrogen) atoms. The van der Waals surface area contributed by atoms with Crippen LogP contribution in [-0.2, 0) is 10.0 Å². The summed E-state index contributed by atoms with van der Waals surface area (Å²) >= 11 is 5.90. The van der Waals surface area contributed by atoms with Gasteiger partial charge < -0.3 is 0 Å². The number of nitrogens with zero attached hydrogens (tertiary/aromatic N) is 1. The highest BCUT2D eigenvalue weighted by Gasteiger charge is 2.36. The summed E-state index contributed by atoms with van der Waals surface area (Å²) in [6, 6.07) is 12.0. The van der Waals surface area contributed by atoms with Gasteiger partial charge in [-0.25, -0.2) is 12.8 Å². The van der Waals surface area contributed by atoms with Crippen LogP contribution in [0.25, 0.3) is 0 Å². The summed E-state index contributed by atoms with van der Waals surface area (Å²) in [6.45, 7) is 0.455. The third-order valence-corrected chi connectivity index (χ3v) is 6.00. The van der Waals surface area contributed by atoms with Gasteiger partial charge in [-0.2, -0.15) is 4.31 Å². The van der Waals surface area contributed by atoms with E-state index in [0.29, 0.717) is 11.6 Å². The molecule has 2 aromatic rings. The van der Waals surface area contributed by atoms with E-state index in [-0.39, 0.29) is 16.8 Å². The zero-order valence-corrected chi connectivity index (χ0v) is 13.3. The predicted molar refractivity (Wildman–Crippen MR) is 83.7 cm³/mol. The Balaban J connectivity index is 1.97. The maximum atomic E-state index is 13.1. The smallest absolute Gasteiger partial charge is 0.207 e. The third kappa shape index (κ3) is 2.89. The molecule has 0 unspecified atom stereocenters. The first kappa shape index (κ1) is 15.5. The van der Waals surface area contributed by atoms with Gasteiger partial charge in [0.1, 0.15) is 5.82 Å². The van der Waals surface area contributed by atoms with E-state index in [1.165, 1.54) is 22.5 Å². The second kappa shape index (κ2) is 5.99. The quantitative estimate of drug-likeness (QED) is 0.847. The predicted octanol–water partition coefficient (Wildman–Crippen LogP) is 4.00. The Hall–Kier alpha value is -1.43. The minimum atomic E-state index is -3.61. The minimum absolute atomic E-state index is 0.189. The van der Waals surface area contributed by atoms with Crippen LogP contribution >= 0.6 is 11.6 Å². The van der Waals surface area contributed by atoms with Crippen molar-refractivity contribution in [2.45, 2.75) is 23.8 Å². The molecule has 1 heterocycles. The number of rotatable bonds is 3. The van der Waals surface area contributed by atoms with Crippen LogP contribution < -0.4 is 0 Å². The molecule has 0 radical (unpaired) electrons. The second-order valence-electron chi connectivity index (χ2n) is 5.28. The molecule has 1 aliphatic rings. The van der Waals surface area contributed by atoms with Gasteiger partial charge >= 0.3 is 0 Å². The van der Waals surface area contributed by atoms with Crippen molar-refractivity contribution in [3.63, 3.8) is 0 Å². The summed E-state index contributed by atoms with van der Waals surface area (Å²) in [5.41, 5.74) is 0.810. The van der Waals surface area contributed by atoms with Crippen LogP contribution in [0.2, 0.25) is 5.02 Å². The summed E-state index contributed by atoms with van der Waals surface area (Å²) in [4.78, 5) is 0.189. The average Bonchev–Trinajstić information content (AvgIpc) is 2.98. The van der Waals surface area contributed by atoms with Crippen molar-refractivity contribution < 1.29 is 12.8 Å². The molecule has 0 aliphatic carbocycles. The molecule has 1 aliphatic heterocycles. The van der Waals surface area contributed by atoms with E-state index in [4.69, 9.17) is 11.6 Å². The first-order valence-corrected chi connectivity index (χ1v) is 8.83. The van der Waals surface area contributed by atoms with E-state index in [0.717, 1.165) is 18.4 Å². The Morgan fingerprint density at radius 3 is 2.55 bits per heavy atom. The molecular formula is C16H15ClFNO2S. The molecular weight excluding hydrogens is 325 g/mol. The zero-order chi connectivity index (χ0) is 15.7. The number of sulfonamides is 1. The van der Waals surface area contributed by atoms with Crippen LogP contribution in [-0.4, -0.2) is 19.3 Å². The summed E-state index contributed by atoms with van der Waals surface area (Å²) in [5.74, 6) is -0.328. The van der Waals surface area contributed by atoms with Gasteiger partial charge in [0.15, 0.2) is 0 Å². The van der Waals surface area contributed by atoms with Crippen molar-refractivity contribution in [1.29, 1.82) is 0 Å².